The minimum atomic E-state index is -0.510. The second-order valence-electron chi connectivity index (χ2n) is 4.51. The second kappa shape index (κ2) is 5.14. The second-order valence-corrected chi connectivity index (χ2v) is 5.84. The fourth-order valence-corrected chi connectivity index (χ4v) is 2.58. The van der Waals surface area contributed by atoms with Gasteiger partial charge in [0.15, 0.2) is 0 Å². The lowest BCUT2D eigenvalue weighted by molar-refractivity contribution is -0.384. The summed E-state index contributed by atoms with van der Waals surface area (Å²) in [6.07, 6.45) is 1.70. The highest BCUT2D eigenvalue weighted by Crippen LogP contribution is 2.33. The molecule has 19 heavy (non-hydrogen) atoms. The lowest BCUT2D eigenvalue weighted by atomic mass is 10.1. The molecule has 0 fully saturated rings. The fourth-order valence-electron chi connectivity index (χ4n) is 1.69. The van der Waals surface area contributed by atoms with Crippen LogP contribution in [0.4, 0.5) is 11.4 Å². The number of benzene rings is 1. The first-order valence-corrected chi connectivity index (χ1v) is 6.78. The molecule has 1 aromatic carbocycles. The van der Waals surface area contributed by atoms with E-state index in [4.69, 9.17) is 11.6 Å². The molecule has 0 amide bonds. The molecule has 5 nitrogen and oxygen atoms in total. The zero-order valence-corrected chi connectivity index (χ0v) is 12.0. The summed E-state index contributed by atoms with van der Waals surface area (Å²) in [7, 11) is 0. The van der Waals surface area contributed by atoms with Crippen molar-refractivity contribution in [2.45, 2.75) is 19.4 Å². The molecule has 0 radical (unpaired) electrons. The van der Waals surface area contributed by atoms with Crippen molar-refractivity contribution in [2.75, 3.05) is 5.32 Å². The molecule has 0 spiro atoms. The topological polar surface area (TPSA) is 68.1 Å². The number of nitro groups is 1. The van der Waals surface area contributed by atoms with E-state index < -0.39 is 10.5 Å². The Balaban J connectivity index is 2.38. The number of nitro benzene ring substituents is 1. The van der Waals surface area contributed by atoms with Crippen LogP contribution in [0.3, 0.4) is 0 Å². The molecule has 100 valence electrons. The van der Waals surface area contributed by atoms with Crippen molar-refractivity contribution in [3.8, 4) is 0 Å². The van der Waals surface area contributed by atoms with Crippen LogP contribution >= 0.6 is 22.9 Å². The molecule has 0 atom stereocenters. The van der Waals surface area contributed by atoms with E-state index in [0.29, 0.717) is 10.7 Å². The third-order valence-electron chi connectivity index (χ3n) is 2.57. The van der Waals surface area contributed by atoms with Gasteiger partial charge in [0.25, 0.3) is 5.69 Å². The molecule has 2 rings (SSSR count). The predicted octanol–water partition coefficient (Wildman–Crippen LogP) is 4.05. The van der Waals surface area contributed by atoms with Crippen LogP contribution in [0.1, 0.15) is 18.9 Å². The predicted molar refractivity (Wildman–Crippen MR) is 76.9 cm³/mol. The molecule has 1 heterocycles. The van der Waals surface area contributed by atoms with Gasteiger partial charge in [-0.2, -0.15) is 0 Å². The SMILES string of the molecule is CC(C)(Nc1cc(Cl)ccc1[N+](=O)[O-])c1nccs1. The van der Waals surface area contributed by atoms with Gasteiger partial charge in [-0.3, -0.25) is 10.1 Å². The Bertz CT molecular complexity index is 599. The molecule has 0 unspecified atom stereocenters. The van der Waals surface area contributed by atoms with Crippen molar-refractivity contribution in [3.63, 3.8) is 0 Å². The van der Waals surface area contributed by atoms with Crippen LogP contribution in [-0.4, -0.2) is 9.91 Å². The van der Waals surface area contributed by atoms with Crippen LogP contribution in [0.25, 0.3) is 0 Å². The van der Waals surface area contributed by atoms with Gasteiger partial charge in [0, 0.05) is 22.7 Å². The number of anilines is 1. The molecular weight excluding hydrogens is 286 g/mol. The standard InChI is InChI=1S/C12H12ClN3O2S/c1-12(2,11-14-5-6-19-11)15-9-7-8(13)3-4-10(9)16(17)18/h3-7,15H,1-2H3. The van der Waals surface area contributed by atoms with Gasteiger partial charge in [0.05, 0.1) is 10.5 Å². The number of nitrogens with zero attached hydrogens (tertiary/aromatic N) is 2. The Labute approximate surface area is 119 Å². The van der Waals surface area contributed by atoms with Gasteiger partial charge in [0.1, 0.15) is 10.7 Å². The first kappa shape index (κ1) is 13.8. The van der Waals surface area contributed by atoms with E-state index in [2.05, 4.69) is 10.3 Å². The summed E-state index contributed by atoms with van der Waals surface area (Å²) in [5.41, 5.74) is -0.129. The van der Waals surface area contributed by atoms with E-state index in [9.17, 15) is 10.1 Å². The van der Waals surface area contributed by atoms with Crippen molar-refractivity contribution in [2.24, 2.45) is 0 Å². The monoisotopic (exact) mass is 297 g/mol. The molecule has 0 saturated heterocycles. The van der Waals surface area contributed by atoms with Crippen LogP contribution < -0.4 is 5.32 Å². The molecule has 0 aliphatic rings. The maximum absolute atomic E-state index is 11.0. The summed E-state index contributed by atoms with van der Waals surface area (Å²) in [6, 6.07) is 4.44. The van der Waals surface area contributed by atoms with Gasteiger partial charge in [-0.15, -0.1) is 11.3 Å². The van der Waals surface area contributed by atoms with Crippen LogP contribution in [-0.2, 0) is 5.54 Å². The Morgan fingerprint density at radius 3 is 2.79 bits per heavy atom. The highest BCUT2D eigenvalue weighted by Gasteiger charge is 2.26. The molecule has 1 aromatic heterocycles. The first-order chi connectivity index (χ1) is 8.90. The molecule has 0 aliphatic heterocycles. The lowest BCUT2D eigenvalue weighted by Crippen LogP contribution is -2.28. The number of aromatic nitrogens is 1. The van der Waals surface area contributed by atoms with E-state index >= 15 is 0 Å². The quantitative estimate of drug-likeness (QED) is 0.683. The van der Waals surface area contributed by atoms with E-state index in [-0.39, 0.29) is 5.69 Å². The zero-order chi connectivity index (χ0) is 14.0. The summed E-state index contributed by atoms with van der Waals surface area (Å²) in [4.78, 5) is 14.8. The first-order valence-electron chi connectivity index (χ1n) is 5.52. The number of thiazole rings is 1. The summed E-state index contributed by atoms with van der Waals surface area (Å²) in [6.45, 7) is 3.83. The molecule has 1 N–H and O–H groups in total. The van der Waals surface area contributed by atoms with Crippen LogP contribution in [0, 0.1) is 10.1 Å². The third-order valence-corrected chi connectivity index (χ3v) is 3.90. The van der Waals surface area contributed by atoms with Crippen molar-refractivity contribution in [3.05, 3.63) is 49.9 Å². The normalized spacial score (nSPS) is 11.3. The third kappa shape index (κ3) is 3.02. The Morgan fingerprint density at radius 1 is 1.47 bits per heavy atom. The van der Waals surface area contributed by atoms with E-state index in [0.717, 1.165) is 5.01 Å². The average Bonchev–Trinajstić information content (AvgIpc) is 2.81. The molecule has 0 aliphatic carbocycles. The van der Waals surface area contributed by atoms with Gasteiger partial charge >= 0.3 is 0 Å². The summed E-state index contributed by atoms with van der Waals surface area (Å²) in [5.74, 6) is 0. The Kier molecular flexibility index (Phi) is 3.73. The van der Waals surface area contributed by atoms with Gasteiger partial charge in [-0.1, -0.05) is 11.6 Å². The Hall–Kier alpha value is -1.66. The largest absolute Gasteiger partial charge is 0.368 e. The molecular formula is C12H12ClN3O2S. The minimum absolute atomic E-state index is 0.00553. The molecule has 2 aromatic rings. The highest BCUT2D eigenvalue weighted by molar-refractivity contribution is 7.09. The molecule has 0 bridgehead atoms. The van der Waals surface area contributed by atoms with Crippen molar-refractivity contribution in [1.29, 1.82) is 0 Å². The van der Waals surface area contributed by atoms with Crippen LogP contribution in [0.15, 0.2) is 29.8 Å². The van der Waals surface area contributed by atoms with Gasteiger partial charge in [-0.05, 0) is 26.0 Å². The Morgan fingerprint density at radius 2 is 2.21 bits per heavy atom. The minimum Gasteiger partial charge on any atom is -0.368 e. The smallest absolute Gasteiger partial charge is 0.292 e. The highest BCUT2D eigenvalue weighted by atomic mass is 35.5. The zero-order valence-electron chi connectivity index (χ0n) is 10.4. The van der Waals surface area contributed by atoms with Gasteiger partial charge in [-0.25, -0.2) is 4.98 Å². The fraction of sp³-hybridized carbons (Fsp3) is 0.250. The van der Waals surface area contributed by atoms with E-state index in [1.807, 2.05) is 19.2 Å². The number of rotatable bonds is 4. The van der Waals surface area contributed by atoms with Crippen molar-refractivity contribution < 1.29 is 4.92 Å². The van der Waals surface area contributed by atoms with Gasteiger partial charge < -0.3 is 5.32 Å². The summed E-state index contributed by atoms with van der Waals surface area (Å²) in [5, 5.41) is 17.3. The maximum atomic E-state index is 11.0. The number of halogens is 1. The molecule has 0 saturated carbocycles. The lowest BCUT2D eigenvalue weighted by Gasteiger charge is -2.25. The van der Waals surface area contributed by atoms with Crippen molar-refractivity contribution in [1.82, 2.24) is 4.98 Å². The van der Waals surface area contributed by atoms with E-state index in [1.54, 1.807) is 12.3 Å². The maximum Gasteiger partial charge on any atom is 0.292 e. The number of hydrogen-bond acceptors (Lipinski definition) is 5. The van der Waals surface area contributed by atoms with Gasteiger partial charge in [0.2, 0.25) is 0 Å². The summed E-state index contributed by atoms with van der Waals surface area (Å²) >= 11 is 7.39. The number of nitrogens with one attached hydrogen (secondary N) is 1. The van der Waals surface area contributed by atoms with Crippen molar-refractivity contribution >= 4 is 34.3 Å². The average molecular weight is 298 g/mol. The molecule has 7 heteroatoms. The van der Waals surface area contributed by atoms with E-state index in [1.165, 1.54) is 23.5 Å². The number of hydrogen-bond donors (Lipinski definition) is 1. The summed E-state index contributed by atoms with van der Waals surface area (Å²) < 4.78 is 0. The van der Waals surface area contributed by atoms with Crippen LogP contribution in [0.5, 0.6) is 0 Å². The van der Waals surface area contributed by atoms with Crippen LogP contribution in [0.2, 0.25) is 5.02 Å².